The molecule has 6 nitrogen and oxygen atoms in total. The smallest absolute Gasteiger partial charge is 0.407 e. The average molecular weight is 258 g/mol. The summed E-state index contributed by atoms with van der Waals surface area (Å²) >= 11 is 0. The van der Waals surface area contributed by atoms with Gasteiger partial charge in [-0.05, 0) is 46.1 Å². The van der Waals surface area contributed by atoms with Crippen molar-refractivity contribution in [3.05, 3.63) is 0 Å². The first-order valence-corrected chi connectivity index (χ1v) is 6.21. The van der Waals surface area contributed by atoms with Crippen LogP contribution in [0.1, 0.15) is 33.6 Å². The first kappa shape index (κ1) is 14.8. The molecule has 18 heavy (non-hydrogen) atoms. The van der Waals surface area contributed by atoms with Crippen molar-refractivity contribution in [1.29, 1.82) is 0 Å². The number of rotatable bonds is 3. The van der Waals surface area contributed by atoms with Gasteiger partial charge in [0, 0.05) is 6.54 Å². The van der Waals surface area contributed by atoms with Crippen molar-refractivity contribution >= 4 is 12.1 Å². The molecule has 0 aromatic rings. The van der Waals surface area contributed by atoms with Crippen LogP contribution < -0.4 is 10.6 Å². The molecule has 2 atom stereocenters. The van der Waals surface area contributed by atoms with Crippen LogP contribution in [0.25, 0.3) is 0 Å². The normalized spacial score (nSPS) is 24.4. The lowest BCUT2D eigenvalue weighted by molar-refractivity contribution is -0.140. The molecule has 0 saturated carbocycles. The Balaban J connectivity index is 2.31. The van der Waals surface area contributed by atoms with Crippen molar-refractivity contribution in [2.24, 2.45) is 5.92 Å². The third-order valence-electron chi connectivity index (χ3n) is 2.74. The van der Waals surface area contributed by atoms with Gasteiger partial charge in [-0.3, -0.25) is 4.79 Å². The van der Waals surface area contributed by atoms with Crippen molar-refractivity contribution in [3.8, 4) is 0 Å². The van der Waals surface area contributed by atoms with Gasteiger partial charge in [0.15, 0.2) is 0 Å². The van der Waals surface area contributed by atoms with Gasteiger partial charge in [-0.1, -0.05) is 0 Å². The molecule has 0 spiro atoms. The standard InChI is InChI=1S/C12H22N2O4/c1-12(2,3)18-11(17)14-7-8-4-5-13-9(6-8)10(15)16/h8-9,13H,4-7H2,1-3H3,(H,14,17)(H,15,16). The lowest BCUT2D eigenvalue weighted by Gasteiger charge is -2.28. The van der Waals surface area contributed by atoms with E-state index in [4.69, 9.17) is 9.84 Å². The number of carbonyl (C=O) groups is 2. The molecule has 104 valence electrons. The van der Waals surface area contributed by atoms with Gasteiger partial charge in [0.05, 0.1) is 0 Å². The molecule has 1 saturated heterocycles. The second kappa shape index (κ2) is 6.04. The molecule has 1 heterocycles. The van der Waals surface area contributed by atoms with Crippen LogP contribution in [0.15, 0.2) is 0 Å². The van der Waals surface area contributed by atoms with Crippen LogP contribution in [0.4, 0.5) is 4.79 Å². The van der Waals surface area contributed by atoms with E-state index in [1.54, 1.807) is 20.8 Å². The Morgan fingerprint density at radius 1 is 1.44 bits per heavy atom. The van der Waals surface area contributed by atoms with E-state index >= 15 is 0 Å². The van der Waals surface area contributed by atoms with Gasteiger partial charge >= 0.3 is 12.1 Å². The van der Waals surface area contributed by atoms with Crippen LogP contribution in [0, 0.1) is 5.92 Å². The molecule has 1 aliphatic rings. The minimum absolute atomic E-state index is 0.180. The van der Waals surface area contributed by atoms with Crippen LogP contribution in [0.5, 0.6) is 0 Å². The minimum atomic E-state index is -0.836. The lowest BCUT2D eigenvalue weighted by Crippen LogP contribution is -2.46. The van der Waals surface area contributed by atoms with Crippen LogP contribution in [-0.4, -0.2) is 41.9 Å². The highest BCUT2D eigenvalue weighted by Crippen LogP contribution is 2.16. The Labute approximate surface area is 107 Å². The van der Waals surface area contributed by atoms with Crippen LogP contribution >= 0.6 is 0 Å². The van der Waals surface area contributed by atoms with Gasteiger partial charge in [-0.2, -0.15) is 0 Å². The topological polar surface area (TPSA) is 87.7 Å². The summed E-state index contributed by atoms with van der Waals surface area (Å²) in [5.41, 5.74) is -0.512. The first-order chi connectivity index (χ1) is 8.28. The predicted octanol–water partition coefficient (Wildman–Crippen LogP) is 0.964. The maximum absolute atomic E-state index is 11.5. The van der Waals surface area contributed by atoms with E-state index in [0.717, 1.165) is 6.42 Å². The predicted molar refractivity (Wildman–Crippen MR) is 66.4 cm³/mol. The second-order valence-electron chi connectivity index (χ2n) is 5.62. The van der Waals surface area contributed by atoms with Gasteiger partial charge in [-0.15, -0.1) is 0 Å². The molecular weight excluding hydrogens is 236 g/mol. The number of carboxylic acids is 1. The van der Waals surface area contributed by atoms with E-state index in [-0.39, 0.29) is 5.92 Å². The summed E-state index contributed by atoms with van der Waals surface area (Å²) in [6.45, 7) is 6.53. The summed E-state index contributed by atoms with van der Waals surface area (Å²) in [5.74, 6) is -0.656. The number of ether oxygens (including phenoxy) is 1. The highest BCUT2D eigenvalue weighted by atomic mass is 16.6. The lowest BCUT2D eigenvalue weighted by atomic mass is 9.92. The third kappa shape index (κ3) is 5.35. The second-order valence-corrected chi connectivity index (χ2v) is 5.62. The van der Waals surface area contributed by atoms with Crippen molar-refractivity contribution in [3.63, 3.8) is 0 Å². The molecule has 0 radical (unpaired) electrons. The number of aliphatic carboxylic acids is 1. The number of piperidine rings is 1. The molecule has 2 unspecified atom stereocenters. The zero-order valence-electron chi connectivity index (χ0n) is 11.2. The molecule has 1 amide bonds. The van der Waals surface area contributed by atoms with Gasteiger partial charge in [-0.25, -0.2) is 4.79 Å². The van der Waals surface area contributed by atoms with Crippen LogP contribution in [0.3, 0.4) is 0 Å². The highest BCUT2D eigenvalue weighted by molar-refractivity contribution is 5.73. The number of carbonyl (C=O) groups excluding carboxylic acids is 1. The molecule has 0 aromatic heterocycles. The molecule has 0 aliphatic carbocycles. The number of hydrogen-bond acceptors (Lipinski definition) is 4. The van der Waals surface area contributed by atoms with Gasteiger partial charge in [0.1, 0.15) is 11.6 Å². The number of hydrogen-bond donors (Lipinski definition) is 3. The molecule has 0 bridgehead atoms. The Kier molecular flexibility index (Phi) is 4.95. The van der Waals surface area contributed by atoms with Crippen LogP contribution in [0.2, 0.25) is 0 Å². The monoisotopic (exact) mass is 258 g/mol. The van der Waals surface area contributed by atoms with Gasteiger partial charge < -0.3 is 20.5 Å². The quantitative estimate of drug-likeness (QED) is 0.702. The summed E-state index contributed by atoms with van der Waals surface area (Å²) in [5, 5.41) is 14.5. The molecule has 3 N–H and O–H groups in total. The third-order valence-corrected chi connectivity index (χ3v) is 2.74. The van der Waals surface area contributed by atoms with E-state index < -0.39 is 23.7 Å². The van der Waals surface area contributed by atoms with Gasteiger partial charge in [0.25, 0.3) is 0 Å². The summed E-state index contributed by atoms with van der Waals surface area (Å²) < 4.78 is 5.12. The molecule has 6 heteroatoms. The Morgan fingerprint density at radius 2 is 2.11 bits per heavy atom. The SMILES string of the molecule is CC(C)(C)OC(=O)NCC1CCNC(C(=O)O)C1. The summed E-state index contributed by atoms with van der Waals surface area (Å²) in [6, 6.07) is -0.510. The fraction of sp³-hybridized carbons (Fsp3) is 0.833. The average Bonchev–Trinajstić information content (AvgIpc) is 2.24. The molecule has 1 fully saturated rings. The number of amides is 1. The Bertz CT molecular complexity index is 312. The van der Waals surface area contributed by atoms with Crippen molar-refractivity contribution < 1.29 is 19.4 Å². The fourth-order valence-corrected chi connectivity index (χ4v) is 1.91. The number of carboxylic acid groups (broad SMARTS) is 1. The Hall–Kier alpha value is -1.30. The van der Waals surface area contributed by atoms with E-state index in [1.807, 2.05) is 0 Å². The van der Waals surface area contributed by atoms with E-state index in [1.165, 1.54) is 0 Å². The summed E-state index contributed by atoms with van der Waals surface area (Å²) in [7, 11) is 0. The Morgan fingerprint density at radius 3 is 2.67 bits per heavy atom. The minimum Gasteiger partial charge on any atom is -0.480 e. The molecule has 0 aromatic carbocycles. The van der Waals surface area contributed by atoms with Gasteiger partial charge in [0.2, 0.25) is 0 Å². The highest BCUT2D eigenvalue weighted by Gasteiger charge is 2.27. The van der Waals surface area contributed by atoms with Crippen molar-refractivity contribution in [2.45, 2.75) is 45.3 Å². The fourth-order valence-electron chi connectivity index (χ4n) is 1.91. The summed E-state index contributed by atoms with van der Waals surface area (Å²) in [6.07, 6.45) is 0.943. The van der Waals surface area contributed by atoms with Crippen molar-refractivity contribution in [1.82, 2.24) is 10.6 Å². The zero-order valence-corrected chi connectivity index (χ0v) is 11.2. The molecule has 1 aliphatic heterocycles. The van der Waals surface area contributed by atoms with E-state index in [2.05, 4.69) is 10.6 Å². The largest absolute Gasteiger partial charge is 0.480 e. The zero-order chi connectivity index (χ0) is 13.8. The maximum atomic E-state index is 11.5. The number of alkyl carbamates (subject to hydrolysis) is 1. The van der Waals surface area contributed by atoms with Crippen molar-refractivity contribution in [2.75, 3.05) is 13.1 Å². The van der Waals surface area contributed by atoms with E-state index in [9.17, 15) is 9.59 Å². The molecule has 1 rings (SSSR count). The van der Waals surface area contributed by atoms with Crippen LogP contribution in [-0.2, 0) is 9.53 Å². The molecular formula is C12H22N2O4. The summed E-state index contributed by atoms with van der Waals surface area (Å²) in [4.78, 5) is 22.3. The first-order valence-electron chi connectivity index (χ1n) is 6.21. The van der Waals surface area contributed by atoms with E-state index in [0.29, 0.717) is 19.5 Å². The number of nitrogens with one attached hydrogen (secondary N) is 2. The maximum Gasteiger partial charge on any atom is 0.407 e.